The first-order valence-electron chi connectivity index (χ1n) is 8.78. The molecule has 6 nitrogen and oxygen atoms in total. The number of halogens is 3. The molecule has 0 unspecified atom stereocenters. The molecule has 0 spiro atoms. The number of alkyl halides is 3. The molecule has 9 heteroatoms. The molecule has 1 aliphatic rings. The molecular weight excluding hydrogens is 373 g/mol. The SMILES string of the molecule is Cc1ccc(OCc2c(C3CC3)cccc2-n2nn[nH]c2=O)c(C(F)(F)F)c1. The van der Waals surface area contributed by atoms with Gasteiger partial charge in [-0.1, -0.05) is 23.8 Å². The van der Waals surface area contributed by atoms with E-state index < -0.39 is 17.4 Å². The standard InChI is InChI=1S/C19H17F3N4O2/c1-11-5-8-17(15(9-11)19(20,21)22)28-10-14-13(12-6-7-12)3-2-4-16(14)26-18(27)23-24-25-26/h2-5,8-9,12H,6-7,10H2,1H3,(H,23,25,27). The summed E-state index contributed by atoms with van der Waals surface area (Å²) < 4.78 is 46.8. The third kappa shape index (κ3) is 3.51. The van der Waals surface area contributed by atoms with Crippen molar-refractivity contribution in [1.82, 2.24) is 20.2 Å². The zero-order chi connectivity index (χ0) is 19.9. The van der Waals surface area contributed by atoms with Crippen LogP contribution in [0.5, 0.6) is 5.75 Å². The summed E-state index contributed by atoms with van der Waals surface area (Å²) in [6.45, 7) is 1.48. The van der Waals surface area contributed by atoms with Crippen LogP contribution in [0.25, 0.3) is 5.69 Å². The molecule has 1 heterocycles. The van der Waals surface area contributed by atoms with E-state index in [1.807, 2.05) is 6.07 Å². The Morgan fingerprint density at radius 1 is 1.25 bits per heavy atom. The van der Waals surface area contributed by atoms with Gasteiger partial charge in [-0.3, -0.25) is 0 Å². The van der Waals surface area contributed by atoms with Crippen molar-refractivity contribution in [2.75, 3.05) is 0 Å². The molecule has 1 saturated carbocycles. The maximum absolute atomic E-state index is 13.4. The average Bonchev–Trinajstić information content (AvgIpc) is 3.41. The Balaban J connectivity index is 1.73. The molecule has 0 aliphatic heterocycles. The van der Waals surface area contributed by atoms with Gasteiger partial charge in [0.15, 0.2) is 0 Å². The second-order valence-corrected chi connectivity index (χ2v) is 6.82. The van der Waals surface area contributed by atoms with Crippen molar-refractivity contribution in [3.05, 3.63) is 69.1 Å². The van der Waals surface area contributed by atoms with Gasteiger partial charge < -0.3 is 4.74 Å². The Morgan fingerprint density at radius 2 is 2.04 bits per heavy atom. The van der Waals surface area contributed by atoms with Crippen molar-refractivity contribution in [3.63, 3.8) is 0 Å². The second kappa shape index (κ2) is 6.81. The third-order valence-corrected chi connectivity index (χ3v) is 4.72. The van der Waals surface area contributed by atoms with Crippen molar-refractivity contribution >= 4 is 0 Å². The van der Waals surface area contributed by atoms with Gasteiger partial charge in [0.2, 0.25) is 0 Å². The minimum atomic E-state index is -4.52. The fourth-order valence-corrected chi connectivity index (χ4v) is 3.22. The quantitative estimate of drug-likeness (QED) is 0.720. The molecule has 0 amide bonds. The van der Waals surface area contributed by atoms with Gasteiger partial charge in [0.1, 0.15) is 12.4 Å². The zero-order valence-corrected chi connectivity index (χ0v) is 15.0. The maximum Gasteiger partial charge on any atom is 0.419 e. The lowest BCUT2D eigenvalue weighted by molar-refractivity contribution is -0.139. The molecule has 0 radical (unpaired) electrons. The van der Waals surface area contributed by atoms with E-state index in [9.17, 15) is 18.0 Å². The van der Waals surface area contributed by atoms with Gasteiger partial charge in [0.05, 0.1) is 11.3 Å². The molecule has 1 fully saturated rings. The molecule has 2 aromatic carbocycles. The van der Waals surface area contributed by atoms with Crippen LogP contribution >= 0.6 is 0 Å². The first-order valence-corrected chi connectivity index (χ1v) is 8.78. The molecule has 28 heavy (non-hydrogen) atoms. The number of ether oxygens (including phenoxy) is 1. The number of hydrogen-bond acceptors (Lipinski definition) is 4. The normalized spacial score (nSPS) is 14.3. The summed E-state index contributed by atoms with van der Waals surface area (Å²) >= 11 is 0. The third-order valence-electron chi connectivity index (χ3n) is 4.72. The molecule has 1 N–H and O–H groups in total. The van der Waals surface area contributed by atoms with E-state index in [0.717, 1.165) is 29.2 Å². The number of tetrazole rings is 1. The highest BCUT2D eigenvalue weighted by Gasteiger charge is 2.35. The molecule has 0 atom stereocenters. The molecule has 1 aliphatic carbocycles. The van der Waals surface area contributed by atoms with Gasteiger partial charge in [-0.15, -0.1) is 0 Å². The minimum absolute atomic E-state index is 0.118. The van der Waals surface area contributed by atoms with Crippen LogP contribution < -0.4 is 10.4 Å². The van der Waals surface area contributed by atoms with Crippen LogP contribution in [0.2, 0.25) is 0 Å². The van der Waals surface area contributed by atoms with Crippen molar-refractivity contribution in [1.29, 1.82) is 0 Å². The summed E-state index contributed by atoms with van der Waals surface area (Å²) in [6.07, 6.45) is -2.55. The first kappa shape index (κ1) is 18.3. The molecule has 1 aromatic heterocycles. The van der Waals surface area contributed by atoms with Crippen molar-refractivity contribution < 1.29 is 17.9 Å². The van der Waals surface area contributed by atoms with Crippen LogP contribution in [0, 0.1) is 6.92 Å². The van der Waals surface area contributed by atoms with Gasteiger partial charge in [0.25, 0.3) is 0 Å². The number of nitrogens with zero attached hydrogens (tertiary/aromatic N) is 3. The predicted octanol–water partition coefficient (Wildman–Crippen LogP) is 3.74. The van der Waals surface area contributed by atoms with Gasteiger partial charge in [0, 0.05) is 5.56 Å². The van der Waals surface area contributed by atoms with Gasteiger partial charge in [-0.25, -0.2) is 9.89 Å². The number of benzene rings is 2. The topological polar surface area (TPSA) is 72.8 Å². The number of rotatable bonds is 5. The first-order chi connectivity index (χ1) is 13.3. The summed E-state index contributed by atoms with van der Waals surface area (Å²) in [7, 11) is 0. The van der Waals surface area contributed by atoms with Crippen LogP contribution in [-0.2, 0) is 12.8 Å². The van der Waals surface area contributed by atoms with Crippen LogP contribution in [0.15, 0.2) is 41.2 Å². The summed E-state index contributed by atoms with van der Waals surface area (Å²) in [4.78, 5) is 12.0. The Labute approximate surface area is 157 Å². The number of hydrogen-bond donors (Lipinski definition) is 1. The van der Waals surface area contributed by atoms with Crippen LogP contribution in [-0.4, -0.2) is 20.2 Å². The smallest absolute Gasteiger partial charge is 0.419 e. The van der Waals surface area contributed by atoms with E-state index in [-0.39, 0.29) is 12.4 Å². The fraction of sp³-hybridized carbons (Fsp3) is 0.316. The van der Waals surface area contributed by atoms with Crippen molar-refractivity contribution in [2.24, 2.45) is 0 Å². The Morgan fingerprint density at radius 3 is 2.68 bits per heavy atom. The highest BCUT2D eigenvalue weighted by atomic mass is 19.4. The van der Waals surface area contributed by atoms with Crippen LogP contribution in [0.3, 0.4) is 0 Å². The zero-order valence-electron chi connectivity index (χ0n) is 15.0. The number of H-pyrrole nitrogens is 1. The lowest BCUT2D eigenvalue weighted by atomic mass is 10.0. The molecule has 0 saturated heterocycles. The monoisotopic (exact) mass is 390 g/mol. The number of aryl methyl sites for hydroxylation is 1. The Kier molecular flexibility index (Phi) is 4.44. The molecule has 3 aromatic rings. The van der Waals surface area contributed by atoms with E-state index in [2.05, 4.69) is 15.5 Å². The number of aromatic nitrogens is 4. The van der Waals surface area contributed by atoms with E-state index in [1.165, 1.54) is 6.07 Å². The van der Waals surface area contributed by atoms with Crippen molar-refractivity contribution in [3.8, 4) is 11.4 Å². The number of aromatic amines is 1. The van der Waals surface area contributed by atoms with Crippen molar-refractivity contribution in [2.45, 2.75) is 38.5 Å². The summed E-state index contributed by atoms with van der Waals surface area (Å²) in [5.41, 5.74) is 1.18. The highest BCUT2D eigenvalue weighted by Crippen LogP contribution is 2.43. The number of nitrogens with one attached hydrogen (secondary N) is 1. The lowest BCUT2D eigenvalue weighted by Crippen LogP contribution is -2.19. The Hall–Kier alpha value is -3.10. The second-order valence-electron chi connectivity index (χ2n) is 6.82. The van der Waals surface area contributed by atoms with Gasteiger partial charge in [-0.2, -0.15) is 17.9 Å². The lowest BCUT2D eigenvalue weighted by Gasteiger charge is -2.18. The van der Waals surface area contributed by atoms with Gasteiger partial charge in [-0.05, 0) is 59.9 Å². The molecule has 146 valence electrons. The van der Waals surface area contributed by atoms with Crippen LogP contribution in [0.4, 0.5) is 13.2 Å². The predicted molar refractivity (Wildman–Crippen MR) is 94.5 cm³/mol. The molecule has 4 rings (SSSR count). The van der Waals surface area contributed by atoms with Crippen LogP contribution in [0.1, 0.15) is 41.0 Å². The van der Waals surface area contributed by atoms with E-state index in [0.29, 0.717) is 22.7 Å². The highest BCUT2D eigenvalue weighted by molar-refractivity contribution is 5.48. The average molecular weight is 390 g/mol. The van der Waals surface area contributed by atoms with Gasteiger partial charge >= 0.3 is 11.9 Å². The summed E-state index contributed by atoms with van der Waals surface area (Å²) in [6, 6.07) is 9.32. The van der Waals surface area contributed by atoms with E-state index in [4.69, 9.17) is 4.74 Å². The minimum Gasteiger partial charge on any atom is -0.488 e. The largest absolute Gasteiger partial charge is 0.488 e. The molecule has 0 bridgehead atoms. The summed E-state index contributed by atoms with van der Waals surface area (Å²) in [5, 5.41) is 9.47. The summed E-state index contributed by atoms with van der Waals surface area (Å²) in [5.74, 6) is 0.0587. The fourth-order valence-electron chi connectivity index (χ4n) is 3.22. The van der Waals surface area contributed by atoms with E-state index >= 15 is 0 Å². The van der Waals surface area contributed by atoms with E-state index in [1.54, 1.807) is 25.1 Å². The molecular formula is C19H17F3N4O2. The maximum atomic E-state index is 13.4. The Bertz CT molecular complexity index is 1070.